The molecule has 6 aliphatic heterocycles. The second kappa shape index (κ2) is 20.9. The molecular formula is C60H48N12O15. The summed E-state index contributed by atoms with van der Waals surface area (Å²) in [5.41, 5.74) is 1.45. The van der Waals surface area contributed by atoms with Gasteiger partial charge in [0.05, 0.1) is 47.2 Å². The van der Waals surface area contributed by atoms with Crippen molar-refractivity contribution in [1.82, 2.24) is 61.6 Å². The minimum atomic E-state index is -1.54. The number of imide groups is 3. The average molecular weight is 1180 g/mol. The lowest BCUT2D eigenvalue weighted by atomic mass is 9.95. The predicted octanol–water partition coefficient (Wildman–Crippen LogP) is 4.58. The summed E-state index contributed by atoms with van der Waals surface area (Å²) in [7, 11) is 4.59. The van der Waals surface area contributed by atoms with Gasteiger partial charge in [-0.2, -0.15) is 0 Å². The lowest BCUT2D eigenvalue weighted by Crippen LogP contribution is -2.52. The molecule has 3 atom stereocenters. The second-order valence-corrected chi connectivity index (χ2v) is 21.0. The van der Waals surface area contributed by atoms with Gasteiger partial charge in [0, 0.05) is 78.0 Å². The number of methoxy groups -OCH3 is 3. The highest BCUT2D eigenvalue weighted by Gasteiger charge is 2.56. The third kappa shape index (κ3) is 9.32. The molecule has 438 valence electrons. The van der Waals surface area contributed by atoms with E-state index in [-0.39, 0.29) is 54.6 Å². The Balaban J connectivity index is 0.000000121. The van der Waals surface area contributed by atoms with Gasteiger partial charge in [-0.15, -0.1) is 0 Å². The molecule has 9 aromatic rings. The fourth-order valence-electron chi connectivity index (χ4n) is 11.5. The van der Waals surface area contributed by atoms with Crippen LogP contribution in [-0.2, 0) is 50.6 Å². The van der Waals surface area contributed by atoms with Crippen molar-refractivity contribution in [1.29, 1.82) is 0 Å². The van der Waals surface area contributed by atoms with Crippen molar-refractivity contribution in [3.63, 3.8) is 0 Å². The van der Waals surface area contributed by atoms with Gasteiger partial charge >= 0.3 is 18.1 Å². The maximum atomic E-state index is 13.0. The standard InChI is InChI=1S/3C20H16N4O5/c1-28-13-3-2-12-9-24(17(25)14(12)7-13)10-20(18(26)22-19(27)23-20)16-6-11-4-5-21-8-15(11)29-16;1-28-13-3-2-11-9-24(17(25)14(11)7-13)10-20(18(26)22-19(27)23-20)16-6-12-8-21-5-4-15(12)29-16;1-28-12-5-4-11-9-24(17(25)13(11)7-12)10-20(18(26)22-19(27)23-20)16-8-14-15(29-16)3-2-6-21-14/h3*2-8H,9-10H2,1H3,(H2,22,23,26,27)/t3*20-/m000/s1. The molecule has 0 saturated carbocycles. The molecule has 6 aromatic heterocycles. The van der Waals surface area contributed by atoms with Crippen molar-refractivity contribution in [2.24, 2.45) is 0 Å². The van der Waals surface area contributed by atoms with Gasteiger partial charge in [-0.3, -0.25) is 59.7 Å². The van der Waals surface area contributed by atoms with E-state index in [1.807, 2.05) is 18.2 Å². The first-order chi connectivity index (χ1) is 42.0. The monoisotopic (exact) mass is 1180 g/mol. The smallest absolute Gasteiger partial charge is 0.322 e. The SMILES string of the molecule is COc1ccc2c(c1)C(=O)N(C[C@@]1(c3cc4ccncc4o3)NC(=O)NC1=O)C2.COc1ccc2c(c1)C(=O)N(C[C@@]1(c3cc4cnccc4o3)NC(=O)NC1=O)C2.COc1ccc2c(c1)C(=O)N(C[C@@]1(c3cc4ncccc4o3)NC(=O)NC1=O)C2. The summed E-state index contributed by atoms with van der Waals surface area (Å²) in [4.78, 5) is 130. The normalized spacial score (nSPS) is 20.7. The van der Waals surface area contributed by atoms with Gasteiger partial charge in [0.25, 0.3) is 35.4 Å². The van der Waals surface area contributed by atoms with Gasteiger partial charge in [0.2, 0.25) is 0 Å². The van der Waals surface area contributed by atoms with Crippen molar-refractivity contribution in [2.75, 3.05) is 41.0 Å². The first-order valence-electron chi connectivity index (χ1n) is 26.8. The van der Waals surface area contributed by atoms with Crippen molar-refractivity contribution in [3.8, 4) is 17.2 Å². The van der Waals surface area contributed by atoms with Gasteiger partial charge in [-0.1, -0.05) is 18.2 Å². The second-order valence-electron chi connectivity index (χ2n) is 21.0. The van der Waals surface area contributed by atoms with Gasteiger partial charge < -0.3 is 58.1 Å². The number of carbonyl (C=O) groups excluding carboxylic acids is 9. The number of nitrogens with zero attached hydrogens (tertiary/aromatic N) is 6. The number of carbonyl (C=O) groups is 9. The fraction of sp³-hybridized carbons (Fsp3) is 0.200. The summed E-state index contributed by atoms with van der Waals surface area (Å²) in [5, 5.41) is 16.2. The van der Waals surface area contributed by atoms with Crippen LogP contribution < -0.4 is 46.1 Å². The quantitative estimate of drug-likeness (QED) is 0.0912. The molecule has 15 rings (SSSR count). The van der Waals surface area contributed by atoms with Crippen LogP contribution in [0.5, 0.6) is 17.2 Å². The number of benzene rings is 3. The summed E-state index contributed by atoms with van der Waals surface area (Å²) in [6.45, 7) is 0.693. The Labute approximate surface area is 490 Å². The van der Waals surface area contributed by atoms with Gasteiger partial charge in [0.15, 0.2) is 27.8 Å². The number of amides is 12. The summed E-state index contributed by atoms with van der Waals surface area (Å²) in [6.07, 6.45) is 7.92. The number of rotatable bonds is 12. The molecule has 12 amide bonds. The van der Waals surface area contributed by atoms with Crippen LogP contribution in [-0.4, -0.2) is 124 Å². The van der Waals surface area contributed by atoms with Crippen LogP contribution in [0.15, 0.2) is 141 Å². The largest absolute Gasteiger partial charge is 0.497 e. The van der Waals surface area contributed by atoms with E-state index in [0.29, 0.717) is 81.2 Å². The number of ether oxygens (including phenoxy) is 3. The topological polar surface area (TPSA) is 341 Å². The van der Waals surface area contributed by atoms with Crippen LogP contribution in [0, 0.1) is 0 Å². The highest BCUT2D eigenvalue weighted by Crippen LogP contribution is 2.39. The Kier molecular flexibility index (Phi) is 13.1. The number of hydrogen-bond donors (Lipinski definition) is 6. The molecule has 3 saturated heterocycles. The van der Waals surface area contributed by atoms with Gasteiger partial charge in [-0.05, 0) is 89.5 Å². The molecule has 0 radical (unpaired) electrons. The summed E-state index contributed by atoms with van der Waals surface area (Å²) >= 11 is 0. The number of nitrogens with one attached hydrogen (secondary N) is 6. The van der Waals surface area contributed by atoms with Crippen molar-refractivity contribution in [3.05, 3.63) is 179 Å². The zero-order valence-electron chi connectivity index (χ0n) is 46.2. The Morgan fingerprint density at radius 3 is 1.28 bits per heavy atom. The molecule has 0 spiro atoms. The maximum Gasteiger partial charge on any atom is 0.322 e. The van der Waals surface area contributed by atoms with E-state index in [2.05, 4.69) is 46.9 Å². The maximum absolute atomic E-state index is 13.0. The lowest BCUT2D eigenvalue weighted by molar-refractivity contribution is -0.126. The van der Waals surface area contributed by atoms with E-state index in [1.165, 1.54) is 42.2 Å². The lowest BCUT2D eigenvalue weighted by Gasteiger charge is -2.29. The molecule has 3 fully saturated rings. The molecule has 6 aliphatic rings. The minimum absolute atomic E-state index is 0.0757. The Morgan fingerprint density at radius 2 is 0.862 bits per heavy atom. The Hall–Kier alpha value is -11.6. The zero-order chi connectivity index (χ0) is 60.5. The fourth-order valence-corrected chi connectivity index (χ4v) is 11.5. The Morgan fingerprint density at radius 1 is 0.448 bits per heavy atom. The highest BCUT2D eigenvalue weighted by molar-refractivity contribution is 6.11. The zero-order valence-corrected chi connectivity index (χ0v) is 46.2. The molecular weight excluding hydrogens is 1130 g/mol. The van der Waals surface area contributed by atoms with Gasteiger partial charge in [-0.25, -0.2) is 14.4 Å². The molecule has 27 heteroatoms. The van der Waals surface area contributed by atoms with Crippen LogP contribution in [0.4, 0.5) is 14.4 Å². The Bertz CT molecular complexity index is 3900. The van der Waals surface area contributed by atoms with Crippen molar-refractivity contribution in [2.45, 2.75) is 36.3 Å². The number of pyridine rings is 3. The first kappa shape index (κ1) is 54.6. The van der Waals surface area contributed by atoms with E-state index < -0.39 is 52.4 Å². The predicted molar refractivity (Wildman–Crippen MR) is 300 cm³/mol. The van der Waals surface area contributed by atoms with Crippen LogP contribution in [0.1, 0.15) is 65.0 Å². The van der Waals surface area contributed by atoms with E-state index in [9.17, 15) is 43.2 Å². The number of furan rings is 3. The summed E-state index contributed by atoms with van der Waals surface area (Å²) < 4.78 is 33.1. The van der Waals surface area contributed by atoms with E-state index in [0.717, 1.165) is 22.1 Å². The molecule has 0 bridgehead atoms. The van der Waals surface area contributed by atoms with E-state index >= 15 is 0 Å². The average Bonchev–Trinajstić information content (AvgIpc) is 1.65. The third-order valence-corrected chi connectivity index (χ3v) is 15.9. The van der Waals surface area contributed by atoms with Crippen LogP contribution in [0.25, 0.3) is 33.0 Å². The van der Waals surface area contributed by atoms with Crippen molar-refractivity contribution < 1.29 is 70.6 Å². The first-order valence-corrected chi connectivity index (χ1v) is 26.8. The highest BCUT2D eigenvalue weighted by atomic mass is 16.5. The summed E-state index contributed by atoms with van der Waals surface area (Å²) in [5.74, 6) is -0.0445. The third-order valence-electron chi connectivity index (χ3n) is 15.9. The summed E-state index contributed by atoms with van der Waals surface area (Å²) in [6, 6.07) is 25.7. The molecule has 87 heavy (non-hydrogen) atoms. The molecule has 12 heterocycles. The van der Waals surface area contributed by atoms with Gasteiger partial charge in [0.1, 0.15) is 45.6 Å². The van der Waals surface area contributed by atoms with Crippen molar-refractivity contribution >= 4 is 86.6 Å². The minimum Gasteiger partial charge on any atom is -0.497 e. The molecule has 0 unspecified atom stereocenters. The van der Waals surface area contributed by atoms with Crippen LogP contribution in [0.3, 0.4) is 0 Å². The van der Waals surface area contributed by atoms with E-state index in [1.54, 1.807) is 104 Å². The number of hydrogen-bond acceptors (Lipinski definition) is 18. The molecule has 27 nitrogen and oxygen atoms in total. The van der Waals surface area contributed by atoms with Crippen LogP contribution >= 0.6 is 0 Å². The number of aromatic nitrogens is 3. The molecule has 3 aromatic carbocycles. The van der Waals surface area contributed by atoms with Crippen LogP contribution in [0.2, 0.25) is 0 Å². The number of urea groups is 3. The molecule has 6 N–H and O–H groups in total. The van der Waals surface area contributed by atoms with E-state index in [4.69, 9.17) is 27.5 Å². The molecule has 0 aliphatic carbocycles. The number of fused-ring (bicyclic) bond motifs is 6.